The van der Waals surface area contributed by atoms with Crippen molar-refractivity contribution in [2.24, 2.45) is 0 Å². The Hall–Kier alpha value is -1.56. The van der Waals surface area contributed by atoms with Gasteiger partial charge in [-0.1, -0.05) is 115 Å². The molecular formula is C43H78O17P2. The number of ether oxygens (including phenoxy) is 3. The predicted octanol–water partition coefficient (Wildman–Crippen LogP) is 7.16. The number of esters is 2. The lowest BCUT2D eigenvalue weighted by atomic mass is 9.85. The first-order chi connectivity index (χ1) is 29.6. The standard InChI is InChI=1S/C43H78O17P2/c1-3-5-7-9-11-12-13-14-15-16-17-21-26-30-37(45)57-33(32-56-62(53,54)60-43-40(48)38(46)39(47)42(41(43)49)59-61(50,51)52)31-55-36(44)29-25-22-18-20-24-28-35-34(58-35)27-23-19-10-8-6-4-2/h12-13,19,23,33-35,38-43,46-49H,3-11,14-18,20-22,24-32H2,1-2H3,(H,53,54)(H2,50,51,52)/b13-12-,23-19-/t33-,34?,35?,38?,39?,40?,41?,42-,43+/m1/s1. The van der Waals surface area contributed by atoms with Crippen LogP contribution in [0.1, 0.15) is 168 Å². The molecule has 1 saturated carbocycles. The van der Waals surface area contributed by atoms with E-state index < -0.39 is 83.5 Å². The van der Waals surface area contributed by atoms with Gasteiger partial charge in [-0.2, -0.15) is 0 Å². The van der Waals surface area contributed by atoms with Gasteiger partial charge in [-0.05, 0) is 64.2 Å². The average Bonchev–Trinajstić information content (AvgIpc) is 3.98. The van der Waals surface area contributed by atoms with Gasteiger partial charge in [0.1, 0.15) is 43.2 Å². The van der Waals surface area contributed by atoms with Gasteiger partial charge in [-0.15, -0.1) is 0 Å². The molecule has 0 amide bonds. The van der Waals surface area contributed by atoms with Crippen molar-refractivity contribution in [1.29, 1.82) is 0 Å². The Balaban J connectivity index is 1.81. The molecular weight excluding hydrogens is 850 g/mol. The maximum absolute atomic E-state index is 13.0. The summed E-state index contributed by atoms with van der Waals surface area (Å²) in [6.07, 6.45) is 17.3. The molecule has 7 unspecified atom stereocenters. The number of aliphatic hydroxyl groups excluding tert-OH is 4. The van der Waals surface area contributed by atoms with Crippen molar-refractivity contribution in [1.82, 2.24) is 0 Å². The Labute approximate surface area is 368 Å². The van der Waals surface area contributed by atoms with Gasteiger partial charge in [-0.3, -0.25) is 23.2 Å². The van der Waals surface area contributed by atoms with Crippen LogP contribution in [0.4, 0.5) is 0 Å². The van der Waals surface area contributed by atoms with Gasteiger partial charge < -0.3 is 49.3 Å². The van der Waals surface area contributed by atoms with Gasteiger partial charge in [0, 0.05) is 12.8 Å². The number of rotatable bonds is 37. The zero-order chi connectivity index (χ0) is 45.8. The number of phosphoric acid groups is 2. The van der Waals surface area contributed by atoms with Crippen molar-refractivity contribution in [3.8, 4) is 0 Å². The Bertz CT molecular complexity index is 1380. The Morgan fingerprint density at radius 2 is 1.08 bits per heavy atom. The van der Waals surface area contributed by atoms with Crippen LogP contribution in [0, 0.1) is 0 Å². The lowest BCUT2D eigenvalue weighted by Crippen LogP contribution is -2.64. The number of epoxide rings is 1. The van der Waals surface area contributed by atoms with Crippen molar-refractivity contribution in [2.45, 2.75) is 223 Å². The summed E-state index contributed by atoms with van der Waals surface area (Å²) in [5.74, 6) is -1.24. The summed E-state index contributed by atoms with van der Waals surface area (Å²) < 4.78 is 55.1. The SMILES string of the molecule is CCCCC/C=C\CC1OC1CCCCCCCC(=O)OC[C@H](COP(=O)(O)O[C@H]1C(O)C(O)C(O)[C@@H](OP(=O)(O)O)C1O)OC(=O)CCCCCCC/C=C\CCCCCC. The minimum atomic E-state index is -5.37. The highest BCUT2D eigenvalue weighted by molar-refractivity contribution is 7.47. The number of carbonyl (C=O) groups excluding carboxylic acids is 2. The number of phosphoric ester groups is 2. The number of hydrogen-bond acceptors (Lipinski definition) is 14. The van der Waals surface area contributed by atoms with Crippen LogP contribution in [-0.4, -0.2) is 115 Å². The quantitative estimate of drug-likeness (QED) is 0.0107. The Morgan fingerprint density at radius 3 is 1.69 bits per heavy atom. The molecule has 2 aliphatic rings. The van der Waals surface area contributed by atoms with Gasteiger partial charge in [0.15, 0.2) is 6.10 Å². The molecule has 7 N–H and O–H groups in total. The van der Waals surface area contributed by atoms with Crippen LogP contribution in [-0.2, 0) is 46.5 Å². The number of carbonyl (C=O) groups is 2. The third-order valence-corrected chi connectivity index (χ3v) is 12.4. The largest absolute Gasteiger partial charge is 0.472 e. The molecule has 0 aromatic rings. The fraction of sp³-hybridized carbons (Fsp3) is 0.860. The summed E-state index contributed by atoms with van der Waals surface area (Å²) >= 11 is 0. The van der Waals surface area contributed by atoms with E-state index in [1.807, 2.05) is 0 Å². The summed E-state index contributed by atoms with van der Waals surface area (Å²) in [5, 5.41) is 41.2. The van der Waals surface area contributed by atoms with Crippen molar-refractivity contribution >= 4 is 27.6 Å². The van der Waals surface area contributed by atoms with E-state index in [2.05, 4.69) is 42.7 Å². The van der Waals surface area contributed by atoms with Crippen LogP contribution in [0.3, 0.4) is 0 Å². The van der Waals surface area contributed by atoms with E-state index in [-0.39, 0.29) is 12.8 Å². The van der Waals surface area contributed by atoms with Crippen molar-refractivity contribution in [3.05, 3.63) is 24.3 Å². The molecule has 2 fully saturated rings. The number of allylic oxidation sites excluding steroid dienone is 3. The summed E-state index contributed by atoms with van der Waals surface area (Å²) in [6.45, 7) is 3.02. The highest BCUT2D eigenvalue weighted by atomic mass is 31.2. The maximum Gasteiger partial charge on any atom is 0.472 e. The number of unbranched alkanes of at least 4 members (excludes halogenated alkanes) is 16. The van der Waals surface area contributed by atoms with Gasteiger partial charge in [0.2, 0.25) is 0 Å². The molecule has 362 valence electrons. The molecule has 1 saturated heterocycles. The van der Waals surface area contributed by atoms with Crippen molar-refractivity contribution < 1.29 is 81.6 Å². The van der Waals surface area contributed by atoms with Crippen LogP contribution in [0.25, 0.3) is 0 Å². The maximum atomic E-state index is 13.0. The second-order valence-electron chi connectivity index (χ2n) is 16.5. The zero-order valence-electron chi connectivity index (χ0n) is 37.0. The number of aliphatic hydroxyl groups is 4. The van der Waals surface area contributed by atoms with E-state index >= 15 is 0 Å². The van der Waals surface area contributed by atoms with Gasteiger partial charge in [0.25, 0.3) is 0 Å². The Morgan fingerprint density at radius 1 is 0.581 bits per heavy atom. The van der Waals surface area contributed by atoms with Gasteiger partial charge >= 0.3 is 27.6 Å². The molecule has 0 bridgehead atoms. The normalized spacial score (nSPS) is 25.6. The average molecular weight is 929 g/mol. The third kappa shape index (κ3) is 25.8. The van der Waals surface area contributed by atoms with E-state index in [4.69, 9.17) is 33.0 Å². The summed E-state index contributed by atoms with van der Waals surface area (Å²) in [4.78, 5) is 54.2. The molecule has 10 atom stereocenters. The fourth-order valence-corrected chi connectivity index (χ4v) is 8.74. The lowest BCUT2D eigenvalue weighted by molar-refractivity contribution is -0.216. The molecule has 0 spiro atoms. The van der Waals surface area contributed by atoms with Crippen LogP contribution >= 0.6 is 15.6 Å². The minimum Gasteiger partial charge on any atom is -0.462 e. The molecule has 0 aromatic heterocycles. The molecule has 1 aliphatic heterocycles. The minimum absolute atomic E-state index is 0.0285. The smallest absolute Gasteiger partial charge is 0.462 e. The lowest BCUT2D eigenvalue weighted by Gasteiger charge is -2.43. The predicted molar refractivity (Wildman–Crippen MR) is 232 cm³/mol. The van der Waals surface area contributed by atoms with Crippen LogP contribution in [0.15, 0.2) is 24.3 Å². The Kier molecular flexibility index (Phi) is 29.4. The second kappa shape index (κ2) is 32.2. The highest BCUT2D eigenvalue weighted by Gasteiger charge is 2.54. The molecule has 19 heteroatoms. The highest BCUT2D eigenvalue weighted by Crippen LogP contribution is 2.49. The molecule has 0 radical (unpaired) electrons. The van der Waals surface area contributed by atoms with Gasteiger partial charge in [0.05, 0.1) is 18.8 Å². The van der Waals surface area contributed by atoms with Crippen molar-refractivity contribution in [3.63, 3.8) is 0 Å². The van der Waals surface area contributed by atoms with Crippen molar-refractivity contribution in [2.75, 3.05) is 13.2 Å². The first-order valence-corrected chi connectivity index (χ1v) is 26.0. The molecule has 2 rings (SSSR count). The molecule has 1 heterocycles. The molecule has 1 aliphatic carbocycles. The van der Waals surface area contributed by atoms with Gasteiger partial charge in [-0.25, -0.2) is 9.13 Å². The van der Waals surface area contributed by atoms with E-state index in [1.165, 1.54) is 44.9 Å². The van der Waals surface area contributed by atoms with Crippen LogP contribution in [0.2, 0.25) is 0 Å². The third-order valence-electron chi connectivity index (χ3n) is 10.9. The van der Waals surface area contributed by atoms with E-state index in [0.29, 0.717) is 25.0 Å². The first-order valence-electron chi connectivity index (χ1n) is 23.0. The van der Waals surface area contributed by atoms with Crippen LogP contribution in [0.5, 0.6) is 0 Å². The zero-order valence-corrected chi connectivity index (χ0v) is 38.8. The number of hydrogen-bond donors (Lipinski definition) is 7. The first kappa shape index (κ1) is 56.6. The van der Waals surface area contributed by atoms with E-state index in [0.717, 1.165) is 83.5 Å². The monoisotopic (exact) mass is 928 g/mol. The summed E-state index contributed by atoms with van der Waals surface area (Å²) in [6, 6.07) is 0. The summed E-state index contributed by atoms with van der Waals surface area (Å²) in [5.41, 5.74) is 0. The second-order valence-corrected chi connectivity index (χ2v) is 19.1. The topological polar surface area (TPSA) is 269 Å². The fourth-order valence-electron chi connectivity index (χ4n) is 7.20. The van der Waals surface area contributed by atoms with E-state index in [9.17, 15) is 44.0 Å². The summed E-state index contributed by atoms with van der Waals surface area (Å²) in [7, 11) is -10.7. The van der Waals surface area contributed by atoms with Crippen LogP contribution < -0.4 is 0 Å². The molecule has 17 nitrogen and oxygen atoms in total. The van der Waals surface area contributed by atoms with E-state index in [1.54, 1.807) is 0 Å². The molecule has 0 aromatic carbocycles. The molecule has 62 heavy (non-hydrogen) atoms.